The largest absolute Gasteiger partial charge is 0.477 e. The summed E-state index contributed by atoms with van der Waals surface area (Å²) >= 11 is 0. The molecule has 2 N–H and O–H groups in total. The van der Waals surface area contributed by atoms with Gasteiger partial charge in [-0.2, -0.15) is 9.61 Å². The van der Waals surface area contributed by atoms with Gasteiger partial charge in [-0.3, -0.25) is 9.89 Å². The van der Waals surface area contributed by atoms with Crippen molar-refractivity contribution in [1.82, 2.24) is 24.8 Å². The molecule has 3 aromatic rings. The number of azo groups is 1. The SMILES string of the molecule is [C-]#[N+]c1c(N=Nc2c(OCC)n3nc(OCC)cc3[nH]c2=O)n[nH]c1C(C)(C)C. The normalized spacial score (nSPS) is 11.9. The van der Waals surface area contributed by atoms with Crippen LogP contribution in [0.2, 0.25) is 0 Å². The predicted molar refractivity (Wildman–Crippen MR) is 106 cm³/mol. The highest BCUT2D eigenvalue weighted by Crippen LogP contribution is 2.37. The highest BCUT2D eigenvalue weighted by molar-refractivity contribution is 5.67. The fourth-order valence-electron chi connectivity index (χ4n) is 2.67. The average molecular weight is 398 g/mol. The Bertz CT molecular complexity index is 1160. The lowest BCUT2D eigenvalue weighted by Gasteiger charge is -2.16. The second-order valence-electron chi connectivity index (χ2n) is 7.09. The summed E-state index contributed by atoms with van der Waals surface area (Å²) in [6, 6.07) is 1.59. The van der Waals surface area contributed by atoms with E-state index in [1.165, 1.54) is 4.52 Å². The monoisotopic (exact) mass is 398 g/mol. The summed E-state index contributed by atoms with van der Waals surface area (Å²) < 4.78 is 12.4. The van der Waals surface area contributed by atoms with E-state index < -0.39 is 5.56 Å². The van der Waals surface area contributed by atoms with E-state index in [1.807, 2.05) is 27.7 Å². The molecule has 11 nitrogen and oxygen atoms in total. The first-order valence-corrected chi connectivity index (χ1v) is 9.09. The summed E-state index contributed by atoms with van der Waals surface area (Å²) in [5.41, 5.74) is 0.389. The molecular formula is C18H22N8O3. The van der Waals surface area contributed by atoms with E-state index in [2.05, 4.69) is 35.4 Å². The first kappa shape index (κ1) is 20.1. The van der Waals surface area contributed by atoms with Gasteiger partial charge in [-0.05, 0) is 19.3 Å². The van der Waals surface area contributed by atoms with Crippen LogP contribution in [-0.4, -0.2) is 38.0 Å². The summed E-state index contributed by atoms with van der Waals surface area (Å²) in [6.45, 7) is 17.6. The van der Waals surface area contributed by atoms with Gasteiger partial charge < -0.3 is 14.5 Å². The molecule has 0 bridgehead atoms. The highest BCUT2D eigenvalue weighted by atomic mass is 16.5. The molecule has 152 valence electrons. The van der Waals surface area contributed by atoms with Gasteiger partial charge in [0.1, 0.15) is 5.65 Å². The Morgan fingerprint density at radius 3 is 2.59 bits per heavy atom. The van der Waals surface area contributed by atoms with Crippen LogP contribution in [0.3, 0.4) is 0 Å². The number of ether oxygens (including phenoxy) is 2. The van der Waals surface area contributed by atoms with Crippen molar-refractivity contribution in [2.75, 3.05) is 13.2 Å². The van der Waals surface area contributed by atoms with Crippen LogP contribution in [0.5, 0.6) is 11.8 Å². The number of nitrogens with one attached hydrogen (secondary N) is 2. The maximum Gasteiger partial charge on any atom is 0.283 e. The van der Waals surface area contributed by atoms with Crippen molar-refractivity contribution >= 4 is 22.8 Å². The number of H-pyrrole nitrogens is 2. The van der Waals surface area contributed by atoms with Gasteiger partial charge in [0.25, 0.3) is 17.1 Å². The molecule has 3 rings (SSSR count). The van der Waals surface area contributed by atoms with Crippen molar-refractivity contribution < 1.29 is 9.47 Å². The van der Waals surface area contributed by atoms with Crippen LogP contribution in [0.1, 0.15) is 40.3 Å². The Hall–Kier alpha value is -3.68. The van der Waals surface area contributed by atoms with E-state index in [1.54, 1.807) is 13.0 Å². The predicted octanol–water partition coefficient (Wildman–Crippen LogP) is 3.81. The van der Waals surface area contributed by atoms with Crippen LogP contribution in [-0.2, 0) is 5.41 Å². The van der Waals surface area contributed by atoms with Crippen molar-refractivity contribution in [1.29, 1.82) is 0 Å². The Morgan fingerprint density at radius 1 is 1.24 bits per heavy atom. The second kappa shape index (κ2) is 7.75. The van der Waals surface area contributed by atoms with Crippen LogP contribution >= 0.6 is 0 Å². The van der Waals surface area contributed by atoms with E-state index in [-0.39, 0.29) is 35.1 Å². The van der Waals surface area contributed by atoms with Gasteiger partial charge in [0.2, 0.25) is 17.4 Å². The third-order valence-electron chi connectivity index (χ3n) is 3.94. The molecule has 0 atom stereocenters. The summed E-state index contributed by atoms with van der Waals surface area (Å²) in [4.78, 5) is 18.8. The zero-order valence-electron chi connectivity index (χ0n) is 16.9. The molecule has 0 aromatic carbocycles. The molecule has 0 saturated carbocycles. The smallest absolute Gasteiger partial charge is 0.283 e. The molecular weight excluding hydrogens is 376 g/mol. The lowest BCUT2D eigenvalue weighted by Crippen LogP contribution is -2.12. The molecule has 0 fully saturated rings. The lowest BCUT2D eigenvalue weighted by atomic mass is 9.91. The van der Waals surface area contributed by atoms with Crippen molar-refractivity contribution in [2.45, 2.75) is 40.0 Å². The van der Waals surface area contributed by atoms with Crippen LogP contribution in [0.15, 0.2) is 21.1 Å². The zero-order chi connectivity index (χ0) is 21.2. The summed E-state index contributed by atoms with van der Waals surface area (Å²) in [7, 11) is 0. The quantitative estimate of drug-likeness (QED) is 0.482. The van der Waals surface area contributed by atoms with Gasteiger partial charge in [0.15, 0.2) is 0 Å². The fraction of sp³-hybridized carbons (Fsp3) is 0.444. The third-order valence-corrected chi connectivity index (χ3v) is 3.94. The Kier molecular flexibility index (Phi) is 5.36. The van der Waals surface area contributed by atoms with Gasteiger partial charge in [-0.1, -0.05) is 20.8 Å². The molecule has 11 heteroatoms. The molecule has 3 aromatic heterocycles. The Morgan fingerprint density at radius 2 is 1.97 bits per heavy atom. The Balaban J connectivity index is 2.12. The van der Waals surface area contributed by atoms with Gasteiger partial charge in [-0.25, -0.2) is 4.85 Å². The van der Waals surface area contributed by atoms with Crippen LogP contribution in [0.25, 0.3) is 10.5 Å². The van der Waals surface area contributed by atoms with Crippen molar-refractivity contribution in [3.8, 4) is 11.8 Å². The lowest BCUT2D eigenvalue weighted by molar-refractivity contribution is 0.306. The van der Waals surface area contributed by atoms with E-state index in [4.69, 9.17) is 16.0 Å². The maximum atomic E-state index is 12.6. The van der Waals surface area contributed by atoms with E-state index >= 15 is 0 Å². The molecule has 29 heavy (non-hydrogen) atoms. The first-order valence-electron chi connectivity index (χ1n) is 9.09. The summed E-state index contributed by atoms with van der Waals surface area (Å²) in [5.74, 6) is 0.565. The highest BCUT2D eigenvalue weighted by Gasteiger charge is 2.24. The summed E-state index contributed by atoms with van der Waals surface area (Å²) in [5, 5.41) is 19.2. The molecule has 0 unspecified atom stereocenters. The van der Waals surface area contributed by atoms with Crippen molar-refractivity contribution in [2.24, 2.45) is 10.2 Å². The minimum Gasteiger partial charge on any atom is -0.477 e. The van der Waals surface area contributed by atoms with Gasteiger partial charge >= 0.3 is 0 Å². The number of nitrogens with zero attached hydrogens (tertiary/aromatic N) is 6. The van der Waals surface area contributed by atoms with E-state index in [0.717, 1.165) is 0 Å². The topological polar surface area (TPSA) is 126 Å². The van der Waals surface area contributed by atoms with E-state index in [9.17, 15) is 4.79 Å². The fourth-order valence-corrected chi connectivity index (χ4v) is 2.67. The molecule has 3 heterocycles. The average Bonchev–Trinajstić information content (AvgIpc) is 3.24. The van der Waals surface area contributed by atoms with Crippen LogP contribution < -0.4 is 15.0 Å². The minimum atomic E-state index is -0.511. The first-order chi connectivity index (χ1) is 13.8. The molecule has 0 saturated heterocycles. The number of rotatable bonds is 6. The number of hydrogen-bond donors (Lipinski definition) is 2. The summed E-state index contributed by atoms with van der Waals surface area (Å²) in [6.07, 6.45) is 0. The van der Waals surface area contributed by atoms with Crippen molar-refractivity contribution in [3.63, 3.8) is 0 Å². The van der Waals surface area contributed by atoms with Gasteiger partial charge in [-0.15, -0.1) is 15.3 Å². The van der Waals surface area contributed by atoms with E-state index in [0.29, 0.717) is 23.8 Å². The molecule has 0 radical (unpaired) electrons. The van der Waals surface area contributed by atoms with Gasteiger partial charge in [0.05, 0.1) is 19.8 Å². The number of hydrogen-bond acceptors (Lipinski definition) is 7. The zero-order valence-corrected chi connectivity index (χ0v) is 16.9. The number of aromatic amines is 2. The third kappa shape index (κ3) is 3.82. The number of aromatic nitrogens is 5. The second-order valence-corrected chi connectivity index (χ2v) is 7.09. The molecule has 0 aliphatic carbocycles. The molecule has 0 aliphatic rings. The van der Waals surface area contributed by atoms with Crippen LogP contribution in [0.4, 0.5) is 17.2 Å². The number of fused-ring (bicyclic) bond motifs is 1. The molecule has 0 spiro atoms. The van der Waals surface area contributed by atoms with Crippen molar-refractivity contribution in [3.05, 3.63) is 33.5 Å². The van der Waals surface area contributed by atoms with Gasteiger partial charge in [0, 0.05) is 11.8 Å². The standard InChI is InChI=1S/C18H22N8O3/c1-7-28-11-9-10-20-16(27)13(17(29-8-2)26(10)25-11)21-23-15-12(19-6)14(22-24-15)18(3,4)5/h9H,7-8H2,1-5H3,(H,20,27)(H,22,24). The molecule has 0 amide bonds. The minimum absolute atomic E-state index is 0.0817. The maximum absolute atomic E-state index is 12.6. The Labute approximate surface area is 166 Å². The molecule has 0 aliphatic heterocycles. The van der Waals surface area contributed by atoms with Crippen LogP contribution in [0, 0.1) is 6.57 Å².